The summed E-state index contributed by atoms with van der Waals surface area (Å²) in [4.78, 5) is 27.6. The van der Waals surface area contributed by atoms with E-state index in [1.165, 1.54) is 11.3 Å². The SMILES string of the molecule is CCC(CC)(NC(=O)NC(C)c1nc(C)cs1)C(=O)O. The minimum absolute atomic E-state index is 0.256. The number of carboxylic acid groups (broad SMARTS) is 1. The minimum atomic E-state index is -1.22. The van der Waals surface area contributed by atoms with Crippen molar-refractivity contribution in [2.24, 2.45) is 0 Å². The Bertz CT molecular complexity index is 483. The van der Waals surface area contributed by atoms with Gasteiger partial charge in [-0.15, -0.1) is 11.3 Å². The Labute approximate surface area is 122 Å². The molecule has 1 rings (SSSR count). The molecule has 0 saturated carbocycles. The molecule has 0 fully saturated rings. The van der Waals surface area contributed by atoms with Gasteiger partial charge in [-0.2, -0.15) is 0 Å². The standard InChI is InChI=1S/C13H21N3O3S/c1-5-13(6-2,11(17)18)16-12(19)15-9(4)10-14-8(3)7-20-10/h7,9H,5-6H2,1-4H3,(H,17,18)(H2,15,16,19). The van der Waals surface area contributed by atoms with Crippen LogP contribution in [-0.2, 0) is 4.79 Å². The van der Waals surface area contributed by atoms with E-state index in [9.17, 15) is 14.7 Å². The van der Waals surface area contributed by atoms with E-state index in [1.807, 2.05) is 19.2 Å². The summed E-state index contributed by atoms with van der Waals surface area (Å²) in [5.74, 6) is -1.02. The van der Waals surface area contributed by atoms with Gasteiger partial charge >= 0.3 is 12.0 Å². The number of aromatic nitrogens is 1. The molecule has 6 nitrogen and oxygen atoms in total. The van der Waals surface area contributed by atoms with Crippen LogP contribution in [0.2, 0.25) is 0 Å². The summed E-state index contributed by atoms with van der Waals surface area (Å²) in [7, 11) is 0. The zero-order valence-corrected chi connectivity index (χ0v) is 13.0. The van der Waals surface area contributed by atoms with Gasteiger partial charge in [0.15, 0.2) is 0 Å². The zero-order chi connectivity index (χ0) is 15.3. The number of hydrogen-bond acceptors (Lipinski definition) is 4. The molecule has 0 saturated heterocycles. The van der Waals surface area contributed by atoms with Crippen LogP contribution in [0.3, 0.4) is 0 Å². The highest BCUT2D eigenvalue weighted by molar-refractivity contribution is 7.09. The molecule has 0 aliphatic carbocycles. The third kappa shape index (κ3) is 3.69. The van der Waals surface area contributed by atoms with Crippen molar-refractivity contribution in [3.8, 4) is 0 Å². The Morgan fingerprint density at radius 2 is 2.05 bits per heavy atom. The number of carbonyl (C=O) groups is 2. The zero-order valence-electron chi connectivity index (χ0n) is 12.2. The van der Waals surface area contributed by atoms with Crippen LogP contribution in [0, 0.1) is 6.92 Å². The second-order valence-electron chi connectivity index (χ2n) is 4.74. The molecule has 20 heavy (non-hydrogen) atoms. The first kappa shape index (κ1) is 16.4. The smallest absolute Gasteiger partial charge is 0.329 e. The van der Waals surface area contributed by atoms with Crippen LogP contribution in [0.5, 0.6) is 0 Å². The van der Waals surface area contributed by atoms with Crippen molar-refractivity contribution in [3.63, 3.8) is 0 Å². The number of carbonyl (C=O) groups excluding carboxylic acids is 1. The highest BCUT2D eigenvalue weighted by Crippen LogP contribution is 2.18. The van der Waals surface area contributed by atoms with Crippen LogP contribution in [0.4, 0.5) is 4.79 Å². The Morgan fingerprint density at radius 3 is 2.45 bits per heavy atom. The number of aryl methyl sites for hydroxylation is 1. The molecule has 0 aromatic carbocycles. The summed E-state index contributed by atoms with van der Waals surface area (Å²) in [5, 5.41) is 17.3. The quantitative estimate of drug-likeness (QED) is 0.752. The molecule has 0 bridgehead atoms. The number of nitrogens with one attached hydrogen (secondary N) is 2. The van der Waals surface area contributed by atoms with Crippen LogP contribution in [0.1, 0.15) is 50.4 Å². The lowest BCUT2D eigenvalue weighted by Crippen LogP contribution is -2.56. The summed E-state index contributed by atoms with van der Waals surface area (Å²) in [6, 6.07) is -0.745. The normalized spacial score (nSPS) is 12.8. The Hall–Kier alpha value is -1.63. The molecule has 1 aromatic rings. The topological polar surface area (TPSA) is 91.3 Å². The van der Waals surface area contributed by atoms with Gasteiger partial charge in [0.25, 0.3) is 0 Å². The largest absolute Gasteiger partial charge is 0.480 e. The van der Waals surface area contributed by atoms with Crippen molar-refractivity contribution >= 4 is 23.3 Å². The molecule has 0 aliphatic rings. The first-order chi connectivity index (χ1) is 9.34. The summed E-state index contributed by atoms with van der Waals surface area (Å²) in [6.45, 7) is 7.19. The summed E-state index contributed by atoms with van der Waals surface area (Å²) < 4.78 is 0. The Balaban J connectivity index is 2.69. The molecule has 2 amide bonds. The number of carboxylic acids is 1. The van der Waals surface area contributed by atoms with Gasteiger partial charge in [0.2, 0.25) is 0 Å². The highest BCUT2D eigenvalue weighted by atomic mass is 32.1. The maximum absolute atomic E-state index is 12.0. The fourth-order valence-electron chi connectivity index (χ4n) is 1.87. The first-order valence-electron chi connectivity index (χ1n) is 6.58. The van der Waals surface area contributed by atoms with E-state index in [2.05, 4.69) is 15.6 Å². The van der Waals surface area contributed by atoms with Gasteiger partial charge in [0.1, 0.15) is 10.5 Å². The molecule has 0 aliphatic heterocycles. The maximum atomic E-state index is 12.0. The van der Waals surface area contributed by atoms with Gasteiger partial charge < -0.3 is 15.7 Å². The number of amides is 2. The number of hydrogen-bond donors (Lipinski definition) is 3. The first-order valence-corrected chi connectivity index (χ1v) is 7.46. The van der Waals surface area contributed by atoms with Gasteiger partial charge in [-0.05, 0) is 26.7 Å². The van der Waals surface area contributed by atoms with Crippen LogP contribution < -0.4 is 10.6 Å². The predicted octanol–water partition coefficient (Wildman–Crippen LogP) is 2.46. The van der Waals surface area contributed by atoms with Crippen LogP contribution in [-0.4, -0.2) is 27.6 Å². The van der Waals surface area contributed by atoms with Gasteiger partial charge in [-0.25, -0.2) is 14.6 Å². The third-order valence-electron chi connectivity index (χ3n) is 3.32. The summed E-state index contributed by atoms with van der Waals surface area (Å²) in [6.07, 6.45) is 0.661. The van der Waals surface area contributed by atoms with Gasteiger partial charge in [0.05, 0.1) is 6.04 Å². The lowest BCUT2D eigenvalue weighted by Gasteiger charge is -2.28. The van der Waals surface area contributed by atoms with Crippen molar-refractivity contribution in [2.45, 2.75) is 52.1 Å². The molecule has 1 heterocycles. The van der Waals surface area contributed by atoms with Crippen molar-refractivity contribution in [3.05, 3.63) is 16.1 Å². The van der Waals surface area contributed by atoms with Gasteiger partial charge in [0, 0.05) is 11.1 Å². The van der Waals surface area contributed by atoms with Gasteiger partial charge in [-0.3, -0.25) is 0 Å². The van der Waals surface area contributed by atoms with Crippen LogP contribution >= 0.6 is 11.3 Å². The summed E-state index contributed by atoms with van der Waals surface area (Å²) >= 11 is 1.47. The molecule has 0 spiro atoms. The van der Waals surface area contributed by atoms with Crippen molar-refractivity contribution in [2.75, 3.05) is 0 Å². The molecular weight excluding hydrogens is 278 g/mol. The lowest BCUT2D eigenvalue weighted by atomic mass is 9.93. The monoisotopic (exact) mass is 299 g/mol. The molecule has 1 unspecified atom stereocenters. The second-order valence-corrected chi connectivity index (χ2v) is 5.63. The lowest BCUT2D eigenvalue weighted by molar-refractivity contribution is -0.144. The molecule has 1 atom stereocenters. The van der Waals surface area contributed by atoms with E-state index < -0.39 is 17.5 Å². The van der Waals surface area contributed by atoms with Crippen molar-refractivity contribution in [1.82, 2.24) is 15.6 Å². The van der Waals surface area contributed by atoms with E-state index >= 15 is 0 Å². The fraction of sp³-hybridized carbons (Fsp3) is 0.615. The van der Waals surface area contributed by atoms with E-state index in [0.29, 0.717) is 12.8 Å². The number of thiazole rings is 1. The average Bonchev–Trinajstić information content (AvgIpc) is 2.82. The number of nitrogens with zero attached hydrogens (tertiary/aromatic N) is 1. The molecule has 1 aromatic heterocycles. The number of urea groups is 1. The highest BCUT2D eigenvalue weighted by Gasteiger charge is 2.36. The van der Waals surface area contributed by atoms with E-state index in [-0.39, 0.29) is 6.04 Å². The van der Waals surface area contributed by atoms with Crippen molar-refractivity contribution in [1.29, 1.82) is 0 Å². The predicted molar refractivity (Wildman–Crippen MR) is 77.9 cm³/mol. The van der Waals surface area contributed by atoms with Crippen LogP contribution in [0.25, 0.3) is 0 Å². The van der Waals surface area contributed by atoms with E-state index in [4.69, 9.17) is 0 Å². The second kappa shape index (κ2) is 6.69. The summed E-state index contributed by atoms with van der Waals surface area (Å²) in [5.41, 5.74) is -0.316. The molecular formula is C13H21N3O3S. The van der Waals surface area contributed by atoms with E-state index in [1.54, 1.807) is 13.8 Å². The van der Waals surface area contributed by atoms with E-state index in [0.717, 1.165) is 10.7 Å². The molecule has 3 N–H and O–H groups in total. The minimum Gasteiger partial charge on any atom is -0.480 e. The fourth-order valence-corrected chi connectivity index (χ4v) is 2.67. The Morgan fingerprint density at radius 1 is 1.45 bits per heavy atom. The average molecular weight is 299 g/mol. The van der Waals surface area contributed by atoms with Gasteiger partial charge in [-0.1, -0.05) is 13.8 Å². The Kier molecular flexibility index (Phi) is 5.50. The molecule has 112 valence electrons. The molecule has 0 radical (unpaired) electrons. The third-order valence-corrected chi connectivity index (χ3v) is 4.47. The maximum Gasteiger partial charge on any atom is 0.329 e. The number of rotatable bonds is 6. The molecule has 7 heteroatoms. The van der Waals surface area contributed by atoms with Crippen molar-refractivity contribution < 1.29 is 14.7 Å². The number of aliphatic carboxylic acids is 1. The van der Waals surface area contributed by atoms with Crippen LogP contribution in [0.15, 0.2) is 5.38 Å².